The van der Waals surface area contributed by atoms with E-state index >= 15 is 0 Å². The first-order chi connectivity index (χ1) is 10.8. The smallest absolute Gasteiger partial charge is 0.0937 e. The fourth-order valence-electron chi connectivity index (χ4n) is 3.07. The number of aromatic nitrogens is 1. The van der Waals surface area contributed by atoms with Gasteiger partial charge < -0.3 is 5.11 Å². The first-order valence-corrected chi connectivity index (χ1v) is 7.01. The number of benzene rings is 2. The molecule has 0 radical (unpaired) electrons. The van der Waals surface area contributed by atoms with Crippen molar-refractivity contribution in [1.29, 1.82) is 0 Å². The lowest BCUT2D eigenvalue weighted by molar-refractivity contribution is 0.145. The summed E-state index contributed by atoms with van der Waals surface area (Å²) < 4.78 is 0. The van der Waals surface area contributed by atoms with Crippen LogP contribution in [0.15, 0.2) is 59.7 Å². The summed E-state index contributed by atoms with van der Waals surface area (Å²) in [5.74, 6) is 0. The number of rotatable bonds is 1. The van der Waals surface area contributed by atoms with Crippen LogP contribution in [-0.2, 0) is 0 Å². The van der Waals surface area contributed by atoms with Crippen LogP contribution in [0.3, 0.4) is 0 Å². The molecule has 1 aliphatic rings. The van der Waals surface area contributed by atoms with Gasteiger partial charge in [-0.3, -0.25) is 0 Å². The van der Waals surface area contributed by atoms with Gasteiger partial charge in [0.25, 0.3) is 0 Å². The number of hydrogen-bond acceptors (Lipinski definition) is 3. The molecule has 2 aromatic carbocycles. The molecule has 22 heavy (non-hydrogen) atoms. The molecule has 1 N–H and O–H groups in total. The zero-order chi connectivity index (χ0) is 15.1. The Morgan fingerprint density at radius 3 is 2.68 bits per heavy atom. The number of hydrogen-bond donors (Lipinski definition) is 1. The van der Waals surface area contributed by atoms with Gasteiger partial charge in [0.2, 0.25) is 0 Å². The monoisotopic (exact) mass is 288 g/mol. The zero-order valence-corrected chi connectivity index (χ0v) is 11.6. The summed E-state index contributed by atoms with van der Waals surface area (Å²) in [4.78, 5) is 7.60. The molecule has 5 heteroatoms. The third kappa shape index (κ3) is 1.77. The van der Waals surface area contributed by atoms with Crippen molar-refractivity contribution in [2.24, 2.45) is 5.11 Å². The molecule has 1 aromatic heterocycles. The van der Waals surface area contributed by atoms with Gasteiger partial charge in [-0.1, -0.05) is 47.6 Å². The van der Waals surface area contributed by atoms with Crippen LogP contribution in [-0.4, -0.2) is 10.1 Å². The van der Waals surface area contributed by atoms with E-state index in [1.165, 1.54) is 0 Å². The molecule has 3 aromatic rings. The number of fused-ring (bicyclic) bond motifs is 4. The lowest BCUT2D eigenvalue weighted by Gasteiger charge is -2.29. The normalized spacial score (nSPS) is 19.1. The van der Waals surface area contributed by atoms with E-state index in [0.29, 0.717) is 5.56 Å². The van der Waals surface area contributed by atoms with Crippen molar-refractivity contribution in [3.63, 3.8) is 0 Å². The van der Waals surface area contributed by atoms with Gasteiger partial charge in [0.05, 0.1) is 23.4 Å². The average Bonchev–Trinajstić information content (AvgIpc) is 2.57. The standard InChI is InChI=1S/C17H12N4O/c18-21-20-16-12-7-3-2-6-11(12)15-13(17(16)22)9-10-5-1-4-8-14(10)19-15/h1-9,16-17,22H/t16-,17-/m0/s1. The lowest BCUT2D eigenvalue weighted by atomic mass is 9.83. The van der Waals surface area contributed by atoms with E-state index in [4.69, 9.17) is 10.5 Å². The highest BCUT2D eigenvalue weighted by molar-refractivity contribution is 5.85. The van der Waals surface area contributed by atoms with Gasteiger partial charge in [0.15, 0.2) is 0 Å². The van der Waals surface area contributed by atoms with Crippen LogP contribution in [0, 0.1) is 0 Å². The average molecular weight is 288 g/mol. The van der Waals surface area contributed by atoms with Gasteiger partial charge in [-0.05, 0) is 23.2 Å². The Labute approximate surface area is 126 Å². The summed E-state index contributed by atoms with van der Waals surface area (Å²) in [6.45, 7) is 0. The van der Waals surface area contributed by atoms with Crippen LogP contribution in [0.1, 0.15) is 23.3 Å². The topological polar surface area (TPSA) is 81.9 Å². The van der Waals surface area contributed by atoms with Gasteiger partial charge in [0, 0.05) is 21.4 Å². The molecule has 4 rings (SSSR count). The maximum Gasteiger partial charge on any atom is 0.0937 e. The first kappa shape index (κ1) is 12.8. The van der Waals surface area contributed by atoms with Crippen LogP contribution in [0.25, 0.3) is 32.6 Å². The minimum absolute atomic E-state index is 0.628. The highest BCUT2D eigenvalue weighted by atomic mass is 16.3. The van der Waals surface area contributed by atoms with Crippen molar-refractivity contribution < 1.29 is 5.11 Å². The van der Waals surface area contributed by atoms with Crippen molar-refractivity contribution in [2.45, 2.75) is 12.1 Å². The van der Waals surface area contributed by atoms with E-state index in [1.54, 1.807) is 0 Å². The summed E-state index contributed by atoms with van der Waals surface area (Å²) in [5.41, 5.74) is 12.9. The number of aliphatic hydroxyl groups is 1. The maximum atomic E-state index is 10.7. The summed E-state index contributed by atoms with van der Waals surface area (Å²) in [6.07, 6.45) is -0.891. The van der Waals surface area contributed by atoms with Crippen LogP contribution in [0.2, 0.25) is 0 Å². The molecule has 0 unspecified atom stereocenters. The summed E-state index contributed by atoms with van der Waals surface area (Å²) in [7, 11) is 0. The highest BCUT2D eigenvalue weighted by Gasteiger charge is 2.32. The Hall–Kier alpha value is -2.88. The van der Waals surface area contributed by atoms with E-state index in [2.05, 4.69) is 10.0 Å². The number of azide groups is 1. The van der Waals surface area contributed by atoms with Crippen molar-refractivity contribution in [3.05, 3.63) is 76.2 Å². The van der Waals surface area contributed by atoms with E-state index in [1.807, 2.05) is 54.6 Å². The second-order valence-electron chi connectivity index (χ2n) is 5.30. The molecule has 106 valence electrons. The van der Waals surface area contributed by atoms with Gasteiger partial charge >= 0.3 is 0 Å². The van der Waals surface area contributed by atoms with Crippen molar-refractivity contribution in [2.75, 3.05) is 0 Å². The van der Waals surface area contributed by atoms with Crippen molar-refractivity contribution in [3.8, 4) is 11.3 Å². The van der Waals surface area contributed by atoms with E-state index in [0.717, 1.165) is 27.7 Å². The summed E-state index contributed by atoms with van der Waals surface area (Å²) in [6, 6.07) is 16.7. The van der Waals surface area contributed by atoms with Gasteiger partial charge in [-0.25, -0.2) is 4.98 Å². The Balaban J connectivity index is 2.07. The van der Waals surface area contributed by atoms with Crippen LogP contribution in [0.5, 0.6) is 0 Å². The lowest BCUT2D eigenvalue weighted by Crippen LogP contribution is -2.16. The van der Waals surface area contributed by atoms with Crippen LogP contribution >= 0.6 is 0 Å². The number of pyridine rings is 1. The third-order valence-corrected chi connectivity index (χ3v) is 4.08. The molecule has 0 spiro atoms. The highest BCUT2D eigenvalue weighted by Crippen LogP contribution is 2.46. The van der Waals surface area contributed by atoms with Crippen LogP contribution < -0.4 is 0 Å². The molecule has 0 saturated heterocycles. The number of aliphatic hydroxyl groups excluding tert-OH is 1. The van der Waals surface area contributed by atoms with Crippen LogP contribution in [0.4, 0.5) is 0 Å². The minimum atomic E-state index is -0.891. The Kier molecular flexibility index (Phi) is 2.82. The minimum Gasteiger partial charge on any atom is -0.388 e. The molecule has 5 nitrogen and oxygen atoms in total. The molecule has 0 saturated carbocycles. The predicted octanol–water partition coefficient (Wildman–Crippen LogP) is 4.30. The molecule has 0 bridgehead atoms. The van der Waals surface area contributed by atoms with Crippen molar-refractivity contribution in [1.82, 2.24) is 4.98 Å². The summed E-state index contributed by atoms with van der Waals surface area (Å²) >= 11 is 0. The number of para-hydroxylation sites is 1. The molecule has 0 fully saturated rings. The quantitative estimate of drug-likeness (QED) is 0.411. The Morgan fingerprint density at radius 1 is 1.05 bits per heavy atom. The van der Waals surface area contributed by atoms with E-state index < -0.39 is 12.1 Å². The molecule has 2 atom stereocenters. The van der Waals surface area contributed by atoms with Gasteiger partial charge in [-0.2, -0.15) is 0 Å². The molecule has 0 aliphatic heterocycles. The predicted molar refractivity (Wildman–Crippen MR) is 84.0 cm³/mol. The molecule has 1 heterocycles. The fourth-order valence-corrected chi connectivity index (χ4v) is 3.07. The molecular weight excluding hydrogens is 276 g/mol. The van der Waals surface area contributed by atoms with E-state index in [9.17, 15) is 5.11 Å². The SMILES string of the molecule is [N-]=[N+]=N[C@H]1c2ccccc2-c2nc3ccccc3cc2[C@@H]1O. The molecule has 1 aliphatic carbocycles. The third-order valence-electron chi connectivity index (χ3n) is 4.08. The second kappa shape index (κ2) is 4.84. The fraction of sp³-hybridized carbons (Fsp3) is 0.118. The van der Waals surface area contributed by atoms with Crippen molar-refractivity contribution >= 4 is 10.9 Å². The van der Waals surface area contributed by atoms with E-state index in [-0.39, 0.29) is 0 Å². The molecule has 0 amide bonds. The summed E-state index contributed by atoms with van der Waals surface area (Å²) in [5, 5.41) is 15.4. The Morgan fingerprint density at radius 2 is 1.82 bits per heavy atom. The first-order valence-electron chi connectivity index (χ1n) is 7.01. The Bertz CT molecular complexity index is 931. The number of nitrogens with zero attached hydrogens (tertiary/aromatic N) is 4. The van der Waals surface area contributed by atoms with Gasteiger partial charge in [0.1, 0.15) is 0 Å². The second-order valence-corrected chi connectivity index (χ2v) is 5.30. The maximum absolute atomic E-state index is 10.7. The van der Waals surface area contributed by atoms with Gasteiger partial charge in [-0.15, -0.1) is 0 Å². The zero-order valence-electron chi connectivity index (χ0n) is 11.6. The molecular formula is C17H12N4O. The largest absolute Gasteiger partial charge is 0.388 e.